The summed E-state index contributed by atoms with van der Waals surface area (Å²) in [6, 6.07) is 8.44. The van der Waals surface area contributed by atoms with Crippen LogP contribution >= 0.6 is 34.8 Å². The molecule has 106 valence electrons. The number of halogens is 6. The third-order valence-corrected chi connectivity index (χ3v) is 3.42. The van der Waals surface area contributed by atoms with Gasteiger partial charge >= 0.3 is 6.36 Å². The van der Waals surface area contributed by atoms with Crippen LogP contribution in [0.3, 0.4) is 0 Å². The molecule has 0 heterocycles. The van der Waals surface area contributed by atoms with E-state index in [9.17, 15) is 13.2 Å². The van der Waals surface area contributed by atoms with Crippen LogP contribution in [0.2, 0.25) is 15.1 Å². The van der Waals surface area contributed by atoms with E-state index in [1.54, 1.807) is 6.07 Å². The fourth-order valence-corrected chi connectivity index (χ4v) is 2.36. The molecule has 0 aliphatic rings. The van der Waals surface area contributed by atoms with Crippen molar-refractivity contribution in [2.24, 2.45) is 0 Å². The van der Waals surface area contributed by atoms with Gasteiger partial charge in [0.15, 0.2) is 0 Å². The Kier molecular flexibility index (Phi) is 4.37. The Morgan fingerprint density at radius 3 is 2.20 bits per heavy atom. The van der Waals surface area contributed by atoms with Crippen LogP contribution in [0.15, 0.2) is 36.4 Å². The minimum Gasteiger partial charge on any atom is -0.405 e. The van der Waals surface area contributed by atoms with E-state index < -0.39 is 6.36 Å². The Labute approximate surface area is 127 Å². The maximum absolute atomic E-state index is 12.4. The predicted octanol–water partition coefficient (Wildman–Crippen LogP) is 6.21. The van der Waals surface area contributed by atoms with E-state index in [1.165, 1.54) is 30.3 Å². The van der Waals surface area contributed by atoms with Gasteiger partial charge in [-0.3, -0.25) is 0 Å². The van der Waals surface area contributed by atoms with E-state index in [4.69, 9.17) is 34.8 Å². The van der Waals surface area contributed by atoms with Crippen LogP contribution in [0.4, 0.5) is 13.2 Å². The van der Waals surface area contributed by atoms with Crippen molar-refractivity contribution < 1.29 is 17.9 Å². The second-order valence-electron chi connectivity index (χ2n) is 3.79. The van der Waals surface area contributed by atoms with Gasteiger partial charge in [-0.1, -0.05) is 53.0 Å². The van der Waals surface area contributed by atoms with Crippen LogP contribution in [0.25, 0.3) is 11.1 Å². The van der Waals surface area contributed by atoms with Crippen molar-refractivity contribution in [3.05, 3.63) is 51.5 Å². The molecule has 0 bridgehead atoms. The molecular weight excluding hydrogens is 335 g/mol. The van der Waals surface area contributed by atoms with Gasteiger partial charge in [0.05, 0.1) is 10.0 Å². The largest absolute Gasteiger partial charge is 0.573 e. The van der Waals surface area contributed by atoms with Gasteiger partial charge < -0.3 is 4.74 Å². The van der Waals surface area contributed by atoms with Gasteiger partial charge in [-0.2, -0.15) is 0 Å². The van der Waals surface area contributed by atoms with Crippen molar-refractivity contribution >= 4 is 34.8 Å². The molecule has 0 saturated heterocycles. The molecule has 20 heavy (non-hydrogen) atoms. The van der Waals surface area contributed by atoms with Gasteiger partial charge in [0.2, 0.25) is 0 Å². The Morgan fingerprint density at radius 2 is 1.55 bits per heavy atom. The molecule has 0 aliphatic carbocycles. The maximum Gasteiger partial charge on any atom is 0.573 e. The number of hydrogen-bond donors (Lipinski definition) is 0. The van der Waals surface area contributed by atoms with E-state index >= 15 is 0 Å². The van der Waals surface area contributed by atoms with Crippen molar-refractivity contribution in [1.82, 2.24) is 0 Å². The molecule has 2 aromatic rings. The van der Waals surface area contributed by atoms with E-state index in [0.717, 1.165) is 0 Å². The van der Waals surface area contributed by atoms with E-state index in [0.29, 0.717) is 0 Å². The van der Waals surface area contributed by atoms with E-state index in [1.807, 2.05) is 0 Å². The number of rotatable bonds is 2. The second-order valence-corrected chi connectivity index (χ2v) is 5.01. The van der Waals surface area contributed by atoms with Gasteiger partial charge in [0.25, 0.3) is 0 Å². The SMILES string of the molecule is FC(F)(F)Oc1ccccc1-c1cc(Cl)cc(Cl)c1Cl. The highest BCUT2D eigenvalue weighted by Crippen LogP contribution is 2.41. The van der Waals surface area contributed by atoms with Crippen molar-refractivity contribution in [2.75, 3.05) is 0 Å². The molecule has 1 nitrogen and oxygen atoms in total. The minimum atomic E-state index is -4.80. The molecule has 0 atom stereocenters. The van der Waals surface area contributed by atoms with E-state index in [2.05, 4.69) is 4.74 Å². The van der Waals surface area contributed by atoms with Gasteiger partial charge in [-0.25, -0.2) is 0 Å². The number of hydrogen-bond acceptors (Lipinski definition) is 1. The highest BCUT2D eigenvalue weighted by atomic mass is 35.5. The molecule has 2 rings (SSSR count). The third kappa shape index (κ3) is 3.51. The molecule has 2 aromatic carbocycles. The number of para-hydroxylation sites is 1. The maximum atomic E-state index is 12.4. The first-order chi connectivity index (χ1) is 9.28. The van der Waals surface area contributed by atoms with Crippen molar-refractivity contribution in [1.29, 1.82) is 0 Å². The average molecular weight is 342 g/mol. The molecular formula is C13H6Cl3F3O. The molecule has 0 amide bonds. The lowest BCUT2D eigenvalue weighted by Gasteiger charge is -2.14. The summed E-state index contributed by atoms with van der Waals surface area (Å²) in [4.78, 5) is 0. The fraction of sp³-hybridized carbons (Fsp3) is 0.0769. The Hall–Kier alpha value is -1.10. The molecule has 0 N–H and O–H groups in total. The fourth-order valence-electron chi connectivity index (χ4n) is 1.65. The molecule has 0 aliphatic heterocycles. The first-order valence-electron chi connectivity index (χ1n) is 5.27. The molecule has 0 unspecified atom stereocenters. The van der Waals surface area contributed by atoms with Crippen molar-refractivity contribution in [3.63, 3.8) is 0 Å². The van der Waals surface area contributed by atoms with E-state index in [-0.39, 0.29) is 31.9 Å². The quantitative estimate of drug-likeness (QED) is 0.590. The zero-order valence-electron chi connectivity index (χ0n) is 9.64. The molecule has 7 heteroatoms. The summed E-state index contributed by atoms with van der Waals surface area (Å²) in [5.41, 5.74) is 0.420. The number of benzene rings is 2. The van der Waals surface area contributed by atoms with Crippen molar-refractivity contribution in [3.8, 4) is 16.9 Å². The lowest BCUT2D eigenvalue weighted by atomic mass is 10.0. The summed E-state index contributed by atoms with van der Waals surface area (Å²) in [6.07, 6.45) is -4.80. The lowest BCUT2D eigenvalue weighted by Crippen LogP contribution is -2.17. The average Bonchev–Trinajstić information content (AvgIpc) is 2.33. The molecule has 0 radical (unpaired) electrons. The van der Waals surface area contributed by atoms with Gasteiger partial charge in [-0.15, -0.1) is 13.2 Å². The van der Waals surface area contributed by atoms with Crippen LogP contribution < -0.4 is 4.74 Å². The topological polar surface area (TPSA) is 9.23 Å². The summed E-state index contributed by atoms with van der Waals surface area (Å²) in [5.74, 6) is -0.375. The summed E-state index contributed by atoms with van der Waals surface area (Å²) < 4.78 is 41.1. The third-order valence-electron chi connectivity index (χ3n) is 2.40. The molecule has 0 fully saturated rings. The summed E-state index contributed by atoms with van der Waals surface area (Å²) >= 11 is 17.7. The highest BCUT2D eigenvalue weighted by molar-refractivity contribution is 6.45. The smallest absolute Gasteiger partial charge is 0.405 e. The Balaban J connectivity index is 2.59. The predicted molar refractivity (Wildman–Crippen MR) is 73.6 cm³/mol. The summed E-state index contributed by atoms with van der Waals surface area (Å²) in [5, 5.41) is 0.515. The van der Waals surface area contributed by atoms with Crippen molar-refractivity contribution in [2.45, 2.75) is 6.36 Å². The normalized spacial score (nSPS) is 11.5. The van der Waals surface area contributed by atoms with Gasteiger partial charge in [-0.05, 0) is 18.2 Å². The molecule has 0 saturated carbocycles. The monoisotopic (exact) mass is 340 g/mol. The first-order valence-corrected chi connectivity index (χ1v) is 6.41. The van der Waals surface area contributed by atoms with Crippen LogP contribution in [0, 0.1) is 0 Å². The number of ether oxygens (including phenoxy) is 1. The van der Waals surface area contributed by atoms with Crippen LogP contribution in [-0.4, -0.2) is 6.36 Å². The van der Waals surface area contributed by atoms with Gasteiger partial charge in [0.1, 0.15) is 5.75 Å². The highest BCUT2D eigenvalue weighted by Gasteiger charge is 2.32. The zero-order chi connectivity index (χ0) is 14.9. The lowest BCUT2D eigenvalue weighted by molar-refractivity contribution is -0.274. The zero-order valence-corrected chi connectivity index (χ0v) is 11.9. The molecule has 0 spiro atoms. The van der Waals surface area contributed by atoms with Gasteiger partial charge in [0, 0.05) is 16.1 Å². The Bertz CT molecular complexity index is 641. The summed E-state index contributed by atoms with van der Waals surface area (Å²) in [7, 11) is 0. The minimum absolute atomic E-state index is 0.106. The van der Waals surface area contributed by atoms with Crippen LogP contribution in [0.1, 0.15) is 0 Å². The van der Waals surface area contributed by atoms with Crippen LogP contribution in [-0.2, 0) is 0 Å². The second kappa shape index (κ2) is 5.72. The molecule has 0 aromatic heterocycles. The van der Waals surface area contributed by atoms with Crippen LogP contribution in [0.5, 0.6) is 5.75 Å². The first kappa shape index (κ1) is 15.3. The standard InChI is InChI=1S/C13H6Cl3F3O/c14-7-5-9(12(16)10(15)6-7)8-3-1-2-4-11(8)20-13(17,18)19/h1-6H. The number of alkyl halides is 3. The summed E-state index contributed by atoms with van der Waals surface area (Å²) in [6.45, 7) is 0. The Morgan fingerprint density at radius 1 is 0.900 bits per heavy atom.